The van der Waals surface area contributed by atoms with E-state index in [9.17, 15) is 14.9 Å². The number of nitro benzene ring substituents is 1. The zero-order valence-electron chi connectivity index (χ0n) is 13.8. The number of alkyl halides is 3. The number of thiocarbonyl (C=S) groups is 1. The number of hydrogen-bond donors (Lipinski definition) is 3. The second-order valence-corrected chi connectivity index (χ2v) is 8.54. The molecule has 0 radical (unpaired) electrons. The van der Waals surface area contributed by atoms with Gasteiger partial charge in [0, 0.05) is 16.8 Å². The minimum Gasteiger partial charge on any atom is -0.339 e. The number of nitro groups is 1. The Hall–Kier alpha value is -1.84. The van der Waals surface area contributed by atoms with E-state index in [-0.39, 0.29) is 16.4 Å². The molecule has 28 heavy (non-hydrogen) atoms. The molecule has 0 aliphatic carbocycles. The van der Waals surface area contributed by atoms with E-state index >= 15 is 0 Å². The van der Waals surface area contributed by atoms with Crippen molar-refractivity contribution in [2.24, 2.45) is 0 Å². The lowest BCUT2D eigenvalue weighted by atomic mass is 10.1. The second-order valence-electron chi connectivity index (χ2n) is 5.33. The van der Waals surface area contributed by atoms with Gasteiger partial charge in [-0.05, 0) is 36.5 Å². The van der Waals surface area contributed by atoms with Crippen LogP contribution in [-0.4, -0.2) is 25.9 Å². The first kappa shape index (κ1) is 22.4. The third-order valence-corrected chi connectivity index (χ3v) is 4.42. The molecule has 0 unspecified atom stereocenters. The van der Waals surface area contributed by atoms with E-state index in [1.165, 1.54) is 24.3 Å². The Kier molecular flexibility index (Phi) is 7.68. The first-order valence-electron chi connectivity index (χ1n) is 7.52. The van der Waals surface area contributed by atoms with Crippen LogP contribution in [0.15, 0.2) is 48.5 Å². The molecular formula is C16H12Cl4N4O3S. The molecule has 0 heterocycles. The molecular weight excluding hydrogens is 470 g/mol. The van der Waals surface area contributed by atoms with Crippen molar-refractivity contribution in [1.82, 2.24) is 10.6 Å². The summed E-state index contributed by atoms with van der Waals surface area (Å²) in [5.41, 5.74) is -0.0111. The quantitative estimate of drug-likeness (QED) is 0.189. The number of carbonyl (C=O) groups excluding carboxylic acids is 1. The smallest absolute Gasteiger partial charge is 0.282 e. The molecule has 2 rings (SSSR count). The minimum absolute atomic E-state index is 0.0291. The molecule has 0 aliphatic heterocycles. The lowest BCUT2D eigenvalue weighted by Crippen LogP contribution is -2.56. The summed E-state index contributed by atoms with van der Waals surface area (Å²) in [7, 11) is 0. The molecule has 7 nitrogen and oxygen atoms in total. The predicted molar refractivity (Wildman–Crippen MR) is 115 cm³/mol. The van der Waals surface area contributed by atoms with Gasteiger partial charge in [-0.2, -0.15) is 0 Å². The monoisotopic (exact) mass is 480 g/mol. The Morgan fingerprint density at radius 2 is 1.79 bits per heavy atom. The van der Waals surface area contributed by atoms with Crippen LogP contribution < -0.4 is 16.0 Å². The van der Waals surface area contributed by atoms with Crippen molar-refractivity contribution in [3.05, 3.63) is 69.2 Å². The molecule has 2 aromatic carbocycles. The molecule has 0 aromatic heterocycles. The van der Waals surface area contributed by atoms with E-state index in [4.69, 9.17) is 58.6 Å². The van der Waals surface area contributed by atoms with Gasteiger partial charge in [0.15, 0.2) is 5.11 Å². The van der Waals surface area contributed by atoms with Crippen LogP contribution in [0.25, 0.3) is 0 Å². The standard InChI is InChI=1S/C16H12Cl4N4O3S/c17-9-4-3-5-10(8-9)21-15(28)23-14(16(18,19)20)22-13(25)11-6-1-2-7-12(11)24(26)27/h1-8,14H,(H,22,25)(H2,21,23,28)/t14-/m1/s1. The number of benzene rings is 2. The highest BCUT2D eigenvalue weighted by Gasteiger charge is 2.36. The van der Waals surface area contributed by atoms with Crippen LogP contribution in [0.3, 0.4) is 0 Å². The minimum atomic E-state index is -2.01. The third kappa shape index (κ3) is 6.35. The number of hydrogen-bond acceptors (Lipinski definition) is 4. The first-order chi connectivity index (χ1) is 13.1. The van der Waals surface area contributed by atoms with Crippen molar-refractivity contribution in [3.63, 3.8) is 0 Å². The average Bonchev–Trinajstić information content (AvgIpc) is 2.60. The van der Waals surface area contributed by atoms with Crippen molar-refractivity contribution in [2.75, 3.05) is 5.32 Å². The molecule has 0 bridgehead atoms. The maximum absolute atomic E-state index is 12.5. The zero-order valence-corrected chi connectivity index (χ0v) is 17.6. The fraction of sp³-hybridized carbons (Fsp3) is 0.125. The van der Waals surface area contributed by atoms with Gasteiger partial charge in [-0.3, -0.25) is 14.9 Å². The van der Waals surface area contributed by atoms with Gasteiger partial charge >= 0.3 is 0 Å². The normalized spacial score (nSPS) is 12.0. The largest absolute Gasteiger partial charge is 0.339 e. The summed E-state index contributed by atoms with van der Waals surface area (Å²) < 4.78 is -2.01. The van der Waals surface area contributed by atoms with Gasteiger partial charge in [0.1, 0.15) is 11.7 Å². The van der Waals surface area contributed by atoms with Crippen LogP contribution in [0.2, 0.25) is 5.02 Å². The van der Waals surface area contributed by atoms with E-state index in [0.717, 1.165) is 0 Å². The molecule has 0 spiro atoms. The van der Waals surface area contributed by atoms with Gasteiger partial charge in [0.05, 0.1) is 4.92 Å². The van der Waals surface area contributed by atoms with Crippen molar-refractivity contribution in [2.45, 2.75) is 9.96 Å². The number of nitrogens with zero attached hydrogens (tertiary/aromatic N) is 1. The highest BCUT2D eigenvalue weighted by atomic mass is 35.6. The third-order valence-electron chi connectivity index (χ3n) is 3.31. The van der Waals surface area contributed by atoms with Crippen LogP contribution in [0, 0.1) is 10.1 Å². The summed E-state index contributed by atoms with van der Waals surface area (Å²) >= 11 is 28.8. The Morgan fingerprint density at radius 3 is 2.39 bits per heavy atom. The Balaban J connectivity index is 2.15. The van der Waals surface area contributed by atoms with Crippen LogP contribution >= 0.6 is 58.6 Å². The molecule has 12 heteroatoms. The van der Waals surface area contributed by atoms with Crippen LogP contribution in [0.5, 0.6) is 0 Å². The number of halogens is 4. The SMILES string of the molecule is O=C(N[C@H](NC(=S)Nc1cccc(Cl)c1)C(Cl)(Cl)Cl)c1ccccc1[N+](=O)[O-]. The molecule has 2 aromatic rings. The molecule has 1 atom stereocenters. The van der Waals surface area contributed by atoms with Crippen LogP contribution in [0.1, 0.15) is 10.4 Å². The van der Waals surface area contributed by atoms with Crippen molar-refractivity contribution < 1.29 is 9.72 Å². The summed E-state index contributed by atoms with van der Waals surface area (Å²) in [4.78, 5) is 22.9. The Morgan fingerprint density at radius 1 is 1.11 bits per heavy atom. The summed E-state index contributed by atoms with van der Waals surface area (Å²) in [5, 5.41) is 19.5. The van der Waals surface area contributed by atoms with E-state index in [0.29, 0.717) is 10.7 Å². The number of rotatable bonds is 5. The fourth-order valence-electron chi connectivity index (χ4n) is 2.10. The molecule has 0 saturated heterocycles. The molecule has 1 amide bonds. The highest BCUT2D eigenvalue weighted by Crippen LogP contribution is 2.30. The maximum atomic E-state index is 12.5. The van der Waals surface area contributed by atoms with Gasteiger partial charge in [0.2, 0.25) is 3.79 Å². The first-order valence-corrected chi connectivity index (χ1v) is 9.44. The molecule has 3 N–H and O–H groups in total. The van der Waals surface area contributed by atoms with Crippen molar-refractivity contribution in [1.29, 1.82) is 0 Å². The summed E-state index contributed by atoms with van der Waals surface area (Å²) in [6, 6.07) is 12.1. The van der Waals surface area contributed by atoms with Gasteiger partial charge in [-0.15, -0.1) is 0 Å². The number of nitrogens with one attached hydrogen (secondary N) is 3. The van der Waals surface area contributed by atoms with E-state index in [1.807, 2.05) is 0 Å². The number of anilines is 1. The number of carbonyl (C=O) groups is 1. The van der Waals surface area contributed by atoms with Crippen LogP contribution in [0.4, 0.5) is 11.4 Å². The molecule has 148 valence electrons. The Labute approximate surface area is 185 Å². The molecule has 0 saturated carbocycles. The van der Waals surface area contributed by atoms with Crippen LogP contribution in [-0.2, 0) is 0 Å². The highest BCUT2D eigenvalue weighted by molar-refractivity contribution is 7.80. The Bertz CT molecular complexity index is 907. The van der Waals surface area contributed by atoms with Crippen molar-refractivity contribution >= 4 is 81.0 Å². The summed E-state index contributed by atoms with van der Waals surface area (Å²) in [6.07, 6.45) is -1.29. The summed E-state index contributed by atoms with van der Waals surface area (Å²) in [6.45, 7) is 0. The lowest BCUT2D eigenvalue weighted by Gasteiger charge is -2.27. The van der Waals surface area contributed by atoms with Gasteiger partial charge in [-0.1, -0.05) is 64.6 Å². The predicted octanol–water partition coefficient (Wildman–Crippen LogP) is 4.66. The van der Waals surface area contributed by atoms with E-state index in [1.54, 1.807) is 24.3 Å². The van der Waals surface area contributed by atoms with Crippen molar-refractivity contribution in [3.8, 4) is 0 Å². The van der Waals surface area contributed by atoms with Gasteiger partial charge in [-0.25, -0.2) is 0 Å². The molecule has 0 aliphatic rings. The maximum Gasteiger partial charge on any atom is 0.282 e. The number of amides is 1. The second kappa shape index (κ2) is 9.58. The topological polar surface area (TPSA) is 96.3 Å². The van der Waals surface area contributed by atoms with E-state index in [2.05, 4.69) is 16.0 Å². The van der Waals surface area contributed by atoms with Gasteiger partial charge < -0.3 is 16.0 Å². The summed E-state index contributed by atoms with van der Waals surface area (Å²) in [5.74, 6) is -0.818. The van der Waals surface area contributed by atoms with Gasteiger partial charge in [0.25, 0.3) is 11.6 Å². The average molecular weight is 482 g/mol. The lowest BCUT2D eigenvalue weighted by molar-refractivity contribution is -0.385. The molecule has 0 fully saturated rings. The number of para-hydroxylation sites is 1. The van der Waals surface area contributed by atoms with E-state index < -0.39 is 20.8 Å². The fourth-order valence-corrected chi connectivity index (χ4v) is 2.85. The zero-order chi connectivity index (χ0) is 20.9.